The molecule has 2 aromatic rings. The van der Waals surface area contributed by atoms with Crippen LogP contribution in [0.2, 0.25) is 0 Å². The Labute approximate surface area is 150 Å². The molecule has 0 amide bonds. The molecule has 0 saturated heterocycles. The van der Waals surface area contributed by atoms with Crippen molar-refractivity contribution in [2.45, 2.75) is 38.4 Å². The predicted molar refractivity (Wildman–Crippen MR) is 109 cm³/mol. The van der Waals surface area contributed by atoms with Gasteiger partial charge >= 0.3 is 0 Å². The van der Waals surface area contributed by atoms with Crippen LogP contribution in [0, 0.1) is 6.92 Å². The first-order chi connectivity index (χ1) is 11.2. The van der Waals surface area contributed by atoms with Crippen LogP contribution in [0.25, 0.3) is 0 Å². The molecule has 0 fully saturated rings. The molecule has 0 bridgehead atoms. The van der Waals surface area contributed by atoms with Crippen LogP contribution in [0.15, 0.2) is 54.6 Å². The lowest BCUT2D eigenvalue weighted by atomic mass is 9.91. The molecule has 0 nitrogen and oxygen atoms in total. The van der Waals surface area contributed by atoms with E-state index in [1.54, 1.807) is 0 Å². The van der Waals surface area contributed by atoms with Crippen molar-refractivity contribution in [2.24, 2.45) is 0 Å². The van der Waals surface area contributed by atoms with Crippen molar-refractivity contribution in [2.75, 3.05) is 17.3 Å². The van der Waals surface area contributed by atoms with Crippen LogP contribution in [0.3, 0.4) is 0 Å². The number of aryl methyl sites for hydroxylation is 1. The van der Waals surface area contributed by atoms with Gasteiger partial charge in [0, 0.05) is 11.5 Å². The number of hydrogen-bond donors (Lipinski definition) is 0. The molecule has 2 aromatic carbocycles. The summed E-state index contributed by atoms with van der Waals surface area (Å²) in [6, 6.07) is 20.0. The van der Waals surface area contributed by atoms with Crippen molar-refractivity contribution in [3.63, 3.8) is 0 Å². The Hall–Kier alpha value is -0.860. The molecule has 0 aliphatic rings. The van der Waals surface area contributed by atoms with Crippen LogP contribution >= 0.6 is 23.5 Å². The zero-order valence-electron chi connectivity index (χ0n) is 14.5. The van der Waals surface area contributed by atoms with E-state index in [-0.39, 0.29) is 4.75 Å². The minimum Gasteiger partial charge on any atom is -0.161 e. The van der Waals surface area contributed by atoms with E-state index in [4.69, 9.17) is 0 Å². The summed E-state index contributed by atoms with van der Waals surface area (Å²) in [5.74, 6) is 3.72. The standard InChI is InChI=1S/C21H28S2/c1-4-5-15-22-16-17-23-21(3,19-9-7-6-8-10-19)20-13-11-18(2)12-14-20/h6-14H,4-5,15-17H2,1-3H3. The monoisotopic (exact) mass is 344 g/mol. The number of unbranched alkanes of at least 4 members (excludes halogenated alkanes) is 1. The molecule has 0 aromatic heterocycles. The van der Waals surface area contributed by atoms with Gasteiger partial charge in [-0.2, -0.15) is 11.8 Å². The van der Waals surface area contributed by atoms with Crippen molar-refractivity contribution in [3.05, 3.63) is 71.3 Å². The van der Waals surface area contributed by atoms with Crippen LogP contribution in [-0.2, 0) is 4.75 Å². The van der Waals surface area contributed by atoms with Gasteiger partial charge in [0.05, 0.1) is 4.75 Å². The molecular formula is C21H28S2. The van der Waals surface area contributed by atoms with Gasteiger partial charge < -0.3 is 0 Å². The maximum atomic E-state index is 2.37. The Morgan fingerprint density at radius 2 is 1.48 bits per heavy atom. The summed E-state index contributed by atoms with van der Waals surface area (Å²) in [4.78, 5) is 0. The normalized spacial score (nSPS) is 13.7. The smallest absolute Gasteiger partial charge is 0.0629 e. The summed E-state index contributed by atoms with van der Waals surface area (Å²) in [7, 11) is 0. The van der Waals surface area contributed by atoms with E-state index in [0.717, 1.165) is 0 Å². The predicted octanol–water partition coefficient (Wildman–Crippen LogP) is 6.53. The van der Waals surface area contributed by atoms with Gasteiger partial charge in [0.15, 0.2) is 0 Å². The van der Waals surface area contributed by atoms with Crippen molar-refractivity contribution in [3.8, 4) is 0 Å². The molecule has 0 N–H and O–H groups in total. The minimum atomic E-state index is 0.0281. The van der Waals surface area contributed by atoms with Crippen molar-refractivity contribution < 1.29 is 0 Å². The third kappa shape index (κ3) is 5.32. The molecule has 1 unspecified atom stereocenters. The molecule has 2 rings (SSSR count). The molecule has 124 valence electrons. The molecular weight excluding hydrogens is 316 g/mol. The minimum absolute atomic E-state index is 0.0281. The fourth-order valence-electron chi connectivity index (χ4n) is 2.61. The van der Waals surface area contributed by atoms with Crippen LogP contribution in [0.1, 0.15) is 43.4 Å². The lowest BCUT2D eigenvalue weighted by Gasteiger charge is -2.30. The Balaban J connectivity index is 2.11. The maximum absolute atomic E-state index is 2.37. The van der Waals surface area contributed by atoms with E-state index < -0.39 is 0 Å². The van der Waals surface area contributed by atoms with E-state index in [2.05, 4.69) is 98.9 Å². The number of hydrogen-bond acceptors (Lipinski definition) is 2. The maximum Gasteiger partial charge on any atom is 0.0629 e. The SMILES string of the molecule is CCCCSCCSC(C)(c1ccccc1)c1ccc(C)cc1. The van der Waals surface area contributed by atoms with Crippen molar-refractivity contribution in [1.82, 2.24) is 0 Å². The van der Waals surface area contributed by atoms with Gasteiger partial charge in [-0.15, -0.1) is 11.8 Å². The third-order valence-electron chi connectivity index (χ3n) is 4.19. The quantitative estimate of drug-likeness (QED) is 0.475. The highest BCUT2D eigenvalue weighted by Crippen LogP contribution is 2.42. The number of thioether (sulfide) groups is 2. The fraction of sp³-hybridized carbons (Fsp3) is 0.429. The topological polar surface area (TPSA) is 0 Å². The molecule has 23 heavy (non-hydrogen) atoms. The van der Waals surface area contributed by atoms with Gasteiger partial charge in [0.25, 0.3) is 0 Å². The van der Waals surface area contributed by atoms with E-state index in [0.29, 0.717) is 0 Å². The third-order valence-corrected chi connectivity index (χ3v) is 6.97. The summed E-state index contributed by atoms with van der Waals surface area (Å²) in [5.41, 5.74) is 4.12. The summed E-state index contributed by atoms with van der Waals surface area (Å²) in [6.07, 6.45) is 2.63. The van der Waals surface area contributed by atoms with Crippen LogP contribution in [-0.4, -0.2) is 17.3 Å². The molecule has 0 aliphatic heterocycles. The fourth-order valence-corrected chi connectivity index (χ4v) is 5.13. The van der Waals surface area contributed by atoms with E-state index >= 15 is 0 Å². The highest BCUT2D eigenvalue weighted by atomic mass is 32.2. The van der Waals surface area contributed by atoms with E-state index in [1.165, 1.54) is 46.8 Å². The van der Waals surface area contributed by atoms with E-state index in [9.17, 15) is 0 Å². The summed E-state index contributed by atoms with van der Waals surface area (Å²) >= 11 is 4.16. The zero-order valence-corrected chi connectivity index (χ0v) is 16.2. The molecule has 0 saturated carbocycles. The first-order valence-corrected chi connectivity index (χ1v) is 10.6. The Kier molecular flexibility index (Phi) is 7.58. The summed E-state index contributed by atoms with van der Waals surface area (Å²) in [5, 5.41) is 0. The molecule has 0 heterocycles. The summed E-state index contributed by atoms with van der Waals surface area (Å²) in [6.45, 7) is 6.79. The van der Waals surface area contributed by atoms with Gasteiger partial charge in [-0.05, 0) is 37.1 Å². The molecule has 0 spiro atoms. The van der Waals surface area contributed by atoms with Gasteiger partial charge in [0.1, 0.15) is 0 Å². The molecule has 0 radical (unpaired) electrons. The van der Waals surface area contributed by atoms with E-state index in [1.807, 2.05) is 0 Å². The average Bonchev–Trinajstić information content (AvgIpc) is 2.59. The second kappa shape index (κ2) is 9.44. The molecule has 2 heteroatoms. The lowest BCUT2D eigenvalue weighted by Crippen LogP contribution is -2.20. The molecule has 1 atom stereocenters. The lowest BCUT2D eigenvalue weighted by molar-refractivity contribution is 0.838. The van der Waals surface area contributed by atoms with Crippen LogP contribution in [0.5, 0.6) is 0 Å². The van der Waals surface area contributed by atoms with Gasteiger partial charge in [-0.1, -0.05) is 73.5 Å². The first-order valence-electron chi connectivity index (χ1n) is 8.51. The number of benzene rings is 2. The van der Waals surface area contributed by atoms with Crippen LogP contribution in [0.4, 0.5) is 0 Å². The Bertz CT molecular complexity index is 562. The molecule has 0 aliphatic carbocycles. The van der Waals surface area contributed by atoms with Gasteiger partial charge in [-0.3, -0.25) is 0 Å². The van der Waals surface area contributed by atoms with Gasteiger partial charge in [0.2, 0.25) is 0 Å². The second-order valence-electron chi connectivity index (χ2n) is 6.08. The van der Waals surface area contributed by atoms with Gasteiger partial charge in [-0.25, -0.2) is 0 Å². The highest BCUT2D eigenvalue weighted by molar-refractivity contribution is 8.03. The Morgan fingerprint density at radius 1 is 0.826 bits per heavy atom. The number of rotatable bonds is 9. The highest BCUT2D eigenvalue weighted by Gasteiger charge is 2.29. The first kappa shape index (κ1) is 18.5. The second-order valence-corrected chi connectivity index (χ2v) is 8.82. The summed E-state index contributed by atoms with van der Waals surface area (Å²) < 4.78 is 0.0281. The van der Waals surface area contributed by atoms with Crippen molar-refractivity contribution >= 4 is 23.5 Å². The largest absolute Gasteiger partial charge is 0.161 e. The Morgan fingerprint density at radius 3 is 2.13 bits per heavy atom. The average molecular weight is 345 g/mol. The zero-order chi connectivity index (χ0) is 16.5. The van der Waals surface area contributed by atoms with Crippen molar-refractivity contribution in [1.29, 1.82) is 0 Å². The van der Waals surface area contributed by atoms with Crippen LogP contribution < -0.4 is 0 Å².